The van der Waals surface area contributed by atoms with E-state index in [1.165, 1.54) is 19.3 Å². The van der Waals surface area contributed by atoms with Crippen molar-refractivity contribution in [1.29, 1.82) is 0 Å². The summed E-state index contributed by atoms with van der Waals surface area (Å²) in [6, 6.07) is 0. The van der Waals surface area contributed by atoms with Gasteiger partial charge in [-0.3, -0.25) is 0 Å². The van der Waals surface area contributed by atoms with Gasteiger partial charge in [-0.15, -0.1) is 0 Å². The van der Waals surface area contributed by atoms with Crippen LogP contribution in [0.3, 0.4) is 0 Å². The van der Waals surface area contributed by atoms with E-state index in [2.05, 4.69) is 27.7 Å². The van der Waals surface area contributed by atoms with E-state index < -0.39 is 0 Å². The van der Waals surface area contributed by atoms with E-state index >= 15 is 0 Å². The Morgan fingerprint density at radius 3 is 2.20 bits per heavy atom. The van der Waals surface area contributed by atoms with Crippen LogP contribution in [-0.4, -0.2) is 0 Å². The first-order valence-corrected chi connectivity index (χ1v) is 4.55. The third-order valence-electron chi connectivity index (χ3n) is 3.08. The minimum absolute atomic E-state index is 0.675. The zero-order valence-corrected chi connectivity index (χ0v) is 7.78. The summed E-state index contributed by atoms with van der Waals surface area (Å²) in [5.74, 6) is 2.01. The molecule has 1 atom stereocenters. The molecule has 0 N–H and O–H groups in total. The lowest BCUT2D eigenvalue weighted by Crippen LogP contribution is -2.35. The van der Waals surface area contributed by atoms with Gasteiger partial charge < -0.3 is 0 Å². The van der Waals surface area contributed by atoms with Crippen molar-refractivity contribution in [3.05, 3.63) is 0 Å². The molecule has 0 amide bonds. The van der Waals surface area contributed by atoms with E-state index in [1.54, 1.807) is 0 Å². The first-order valence-electron chi connectivity index (χ1n) is 4.55. The van der Waals surface area contributed by atoms with Crippen LogP contribution in [0.4, 0.5) is 0 Å². The quantitative estimate of drug-likeness (QED) is 0.551. The third kappa shape index (κ3) is 1.53. The Morgan fingerprint density at radius 1 is 1.40 bits per heavy atom. The second-order valence-electron chi connectivity index (χ2n) is 4.72. The molecule has 1 unspecified atom stereocenters. The maximum absolute atomic E-state index is 2.39. The Morgan fingerprint density at radius 2 is 1.90 bits per heavy atom. The molecule has 0 spiro atoms. The second-order valence-corrected chi connectivity index (χ2v) is 4.72. The van der Waals surface area contributed by atoms with E-state index in [4.69, 9.17) is 0 Å². The zero-order valence-electron chi connectivity index (χ0n) is 7.78. The van der Waals surface area contributed by atoms with Gasteiger partial charge in [0.25, 0.3) is 0 Å². The Balaban J connectivity index is 2.26. The van der Waals surface area contributed by atoms with Gasteiger partial charge >= 0.3 is 0 Å². The van der Waals surface area contributed by atoms with Gasteiger partial charge in [0.05, 0.1) is 0 Å². The second kappa shape index (κ2) is 2.56. The van der Waals surface area contributed by atoms with Gasteiger partial charge in [0.1, 0.15) is 0 Å². The molecule has 1 aliphatic carbocycles. The summed E-state index contributed by atoms with van der Waals surface area (Å²) >= 11 is 0. The summed E-state index contributed by atoms with van der Waals surface area (Å²) < 4.78 is 0. The van der Waals surface area contributed by atoms with Gasteiger partial charge in [0.15, 0.2) is 0 Å². The SMILES string of the molecule is CCC(C)C1CC(C)(C)C1. The highest BCUT2D eigenvalue weighted by atomic mass is 14.4. The third-order valence-corrected chi connectivity index (χ3v) is 3.08. The van der Waals surface area contributed by atoms with Crippen LogP contribution in [0, 0.1) is 17.3 Å². The molecule has 0 aromatic heterocycles. The van der Waals surface area contributed by atoms with Crippen LogP contribution in [-0.2, 0) is 0 Å². The zero-order chi connectivity index (χ0) is 7.78. The molecule has 1 rings (SSSR count). The lowest BCUT2D eigenvalue weighted by molar-refractivity contribution is 0.0539. The van der Waals surface area contributed by atoms with Gasteiger partial charge in [-0.2, -0.15) is 0 Å². The molecule has 1 saturated carbocycles. The molecule has 0 radical (unpaired) electrons. The predicted octanol–water partition coefficient (Wildman–Crippen LogP) is 3.47. The first-order chi connectivity index (χ1) is 4.55. The van der Waals surface area contributed by atoms with Crippen LogP contribution < -0.4 is 0 Å². The summed E-state index contributed by atoms with van der Waals surface area (Å²) in [7, 11) is 0. The van der Waals surface area contributed by atoms with Crippen LogP contribution in [0.1, 0.15) is 47.0 Å². The number of hydrogen-bond acceptors (Lipinski definition) is 0. The molecule has 0 aromatic rings. The predicted molar refractivity (Wildman–Crippen MR) is 46.0 cm³/mol. The highest BCUT2D eigenvalue weighted by molar-refractivity contribution is 4.88. The van der Waals surface area contributed by atoms with Crippen LogP contribution in [0.2, 0.25) is 0 Å². The van der Waals surface area contributed by atoms with Crippen molar-refractivity contribution in [2.75, 3.05) is 0 Å². The average molecular weight is 140 g/mol. The van der Waals surface area contributed by atoms with Gasteiger partial charge in [-0.1, -0.05) is 34.1 Å². The molecule has 0 aliphatic heterocycles. The molecular formula is C10H20. The molecule has 0 aromatic carbocycles. The van der Waals surface area contributed by atoms with Gasteiger partial charge in [-0.05, 0) is 30.1 Å². The summed E-state index contributed by atoms with van der Waals surface area (Å²) in [5.41, 5.74) is 0.675. The van der Waals surface area contributed by atoms with Crippen molar-refractivity contribution < 1.29 is 0 Å². The Bertz CT molecular complexity index is 105. The van der Waals surface area contributed by atoms with Crippen molar-refractivity contribution in [3.63, 3.8) is 0 Å². The summed E-state index contributed by atoms with van der Waals surface area (Å²) in [6.07, 6.45) is 4.28. The van der Waals surface area contributed by atoms with Crippen molar-refractivity contribution in [2.24, 2.45) is 17.3 Å². The van der Waals surface area contributed by atoms with Crippen LogP contribution in [0.25, 0.3) is 0 Å². The first kappa shape index (κ1) is 8.10. The van der Waals surface area contributed by atoms with Crippen molar-refractivity contribution in [1.82, 2.24) is 0 Å². The molecule has 10 heavy (non-hydrogen) atoms. The van der Waals surface area contributed by atoms with E-state index in [1.807, 2.05) is 0 Å². The molecule has 0 saturated heterocycles. The molecule has 1 aliphatic rings. The fourth-order valence-corrected chi connectivity index (χ4v) is 2.10. The van der Waals surface area contributed by atoms with Crippen molar-refractivity contribution >= 4 is 0 Å². The highest BCUT2D eigenvalue weighted by Gasteiger charge is 2.37. The van der Waals surface area contributed by atoms with Crippen molar-refractivity contribution in [3.8, 4) is 0 Å². The highest BCUT2D eigenvalue weighted by Crippen LogP contribution is 2.48. The molecule has 60 valence electrons. The minimum atomic E-state index is 0.675. The van der Waals surface area contributed by atoms with Gasteiger partial charge in [0.2, 0.25) is 0 Å². The smallest absolute Gasteiger partial charge is 0.0349 e. The number of hydrogen-bond donors (Lipinski definition) is 0. The monoisotopic (exact) mass is 140 g/mol. The van der Waals surface area contributed by atoms with E-state index in [0.717, 1.165) is 11.8 Å². The summed E-state index contributed by atoms with van der Waals surface area (Å²) in [6.45, 7) is 9.45. The minimum Gasteiger partial charge on any atom is -0.0651 e. The van der Waals surface area contributed by atoms with Crippen LogP contribution >= 0.6 is 0 Å². The van der Waals surface area contributed by atoms with E-state index in [0.29, 0.717) is 5.41 Å². The fourth-order valence-electron chi connectivity index (χ4n) is 2.10. The molecule has 0 bridgehead atoms. The van der Waals surface area contributed by atoms with Gasteiger partial charge in [0, 0.05) is 0 Å². The average Bonchev–Trinajstić information content (AvgIpc) is 1.81. The Kier molecular flexibility index (Phi) is 2.07. The summed E-state index contributed by atoms with van der Waals surface area (Å²) in [4.78, 5) is 0. The molecule has 0 heteroatoms. The topological polar surface area (TPSA) is 0 Å². The number of rotatable bonds is 2. The fraction of sp³-hybridized carbons (Fsp3) is 1.00. The lowest BCUT2D eigenvalue weighted by Gasteiger charge is -2.45. The molecule has 1 fully saturated rings. The van der Waals surface area contributed by atoms with Crippen LogP contribution in [0.15, 0.2) is 0 Å². The standard InChI is InChI=1S/C10H20/c1-5-8(2)9-6-10(3,4)7-9/h8-9H,5-7H2,1-4H3. The lowest BCUT2D eigenvalue weighted by atomic mass is 9.60. The van der Waals surface area contributed by atoms with E-state index in [-0.39, 0.29) is 0 Å². The Hall–Kier alpha value is 0. The van der Waals surface area contributed by atoms with Gasteiger partial charge in [-0.25, -0.2) is 0 Å². The molecule has 0 nitrogen and oxygen atoms in total. The molecule has 0 heterocycles. The Labute approximate surface area is 65.0 Å². The van der Waals surface area contributed by atoms with Crippen molar-refractivity contribution in [2.45, 2.75) is 47.0 Å². The maximum Gasteiger partial charge on any atom is -0.0349 e. The largest absolute Gasteiger partial charge is 0.0651 e. The van der Waals surface area contributed by atoms with E-state index in [9.17, 15) is 0 Å². The van der Waals surface area contributed by atoms with Crippen LogP contribution in [0.5, 0.6) is 0 Å². The maximum atomic E-state index is 2.39. The summed E-state index contributed by atoms with van der Waals surface area (Å²) in [5, 5.41) is 0. The normalized spacial score (nSPS) is 27.6. The molecular weight excluding hydrogens is 120 g/mol.